The summed E-state index contributed by atoms with van der Waals surface area (Å²) < 4.78 is 0. The number of carbonyl (C=O) groups excluding carboxylic acids is 1. The van der Waals surface area contributed by atoms with Crippen LogP contribution in [0.2, 0.25) is 5.02 Å². The Morgan fingerprint density at radius 2 is 2.21 bits per heavy atom. The zero-order valence-electron chi connectivity index (χ0n) is 11.2. The zero-order chi connectivity index (χ0) is 14.6. The first kappa shape index (κ1) is 15.3. The number of nitrogens with one attached hydrogen (secondary N) is 1. The fourth-order valence-electron chi connectivity index (χ4n) is 1.60. The van der Waals surface area contributed by atoms with E-state index in [9.17, 15) is 4.79 Å². The van der Waals surface area contributed by atoms with Crippen molar-refractivity contribution >= 4 is 29.0 Å². The summed E-state index contributed by atoms with van der Waals surface area (Å²) in [5.74, 6) is -0.435. The highest BCUT2D eigenvalue weighted by Crippen LogP contribution is 2.26. The van der Waals surface area contributed by atoms with Crippen LogP contribution in [0.4, 0.5) is 5.69 Å². The third-order valence-electron chi connectivity index (χ3n) is 3.32. The number of nitrogens with zero attached hydrogens (tertiary/aromatic N) is 1. The van der Waals surface area contributed by atoms with E-state index in [0.717, 1.165) is 5.56 Å². The lowest BCUT2D eigenvalue weighted by Gasteiger charge is -2.25. The van der Waals surface area contributed by atoms with E-state index in [-0.39, 0.29) is 11.7 Å². The van der Waals surface area contributed by atoms with Crippen LogP contribution in [0.15, 0.2) is 23.4 Å². The molecule has 19 heavy (non-hydrogen) atoms. The Bertz CT molecular complexity index is 517. The lowest BCUT2D eigenvalue weighted by atomic mass is 9.85. The van der Waals surface area contributed by atoms with E-state index in [1.54, 1.807) is 32.0 Å². The van der Waals surface area contributed by atoms with Gasteiger partial charge in [0.1, 0.15) is 5.41 Å². The first-order chi connectivity index (χ1) is 8.85. The highest BCUT2D eigenvalue weighted by Gasteiger charge is 2.36. The number of halogens is 1. The van der Waals surface area contributed by atoms with Crippen LogP contribution < -0.4 is 11.1 Å². The highest BCUT2D eigenvalue weighted by atomic mass is 35.5. The molecule has 0 aromatic heterocycles. The molecule has 0 aliphatic carbocycles. The first-order valence-corrected chi connectivity index (χ1v) is 6.28. The van der Waals surface area contributed by atoms with Gasteiger partial charge in [-0.15, -0.1) is 0 Å². The molecular formula is C13H18ClN3O2. The maximum Gasteiger partial charge on any atom is 0.238 e. The third kappa shape index (κ3) is 3.17. The van der Waals surface area contributed by atoms with E-state index in [2.05, 4.69) is 10.5 Å². The molecule has 4 N–H and O–H groups in total. The van der Waals surface area contributed by atoms with Gasteiger partial charge < -0.3 is 16.3 Å². The molecular weight excluding hydrogens is 266 g/mol. The molecule has 0 saturated carbocycles. The molecule has 0 spiro atoms. The van der Waals surface area contributed by atoms with Gasteiger partial charge in [0.2, 0.25) is 5.91 Å². The lowest BCUT2D eigenvalue weighted by molar-refractivity contribution is -0.121. The second-order valence-electron chi connectivity index (χ2n) is 4.58. The van der Waals surface area contributed by atoms with Gasteiger partial charge in [0.05, 0.1) is 0 Å². The maximum absolute atomic E-state index is 12.3. The standard InChI is InChI=1S/C13H18ClN3O2/c1-4-13(3,11(15)17-19)12(18)16-10-6-5-9(14)7-8(10)2/h5-7,19H,4H2,1-3H3,(H2,15,17)(H,16,18). The average molecular weight is 284 g/mol. The Labute approximate surface area is 117 Å². The fourth-order valence-corrected chi connectivity index (χ4v) is 1.82. The number of rotatable bonds is 4. The van der Waals surface area contributed by atoms with Crippen molar-refractivity contribution in [1.82, 2.24) is 0 Å². The van der Waals surface area contributed by atoms with Crippen LogP contribution in [0.3, 0.4) is 0 Å². The van der Waals surface area contributed by atoms with Crippen molar-refractivity contribution in [2.45, 2.75) is 27.2 Å². The van der Waals surface area contributed by atoms with Crippen molar-refractivity contribution in [3.05, 3.63) is 28.8 Å². The van der Waals surface area contributed by atoms with Gasteiger partial charge >= 0.3 is 0 Å². The molecule has 6 heteroatoms. The summed E-state index contributed by atoms with van der Waals surface area (Å²) in [6.07, 6.45) is 0.418. The largest absolute Gasteiger partial charge is 0.409 e. The summed E-state index contributed by atoms with van der Waals surface area (Å²) in [5.41, 5.74) is 6.04. The number of hydrogen-bond donors (Lipinski definition) is 3. The molecule has 1 aromatic rings. The van der Waals surface area contributed by atoms with E-state index >= 15 is 0 Å². The number of nitrogens with two attached hydrogens (primary N) is 1. The van der Waals surface area contributed by atoms with Crippen molar-refractivity contribution < 1.29 is 10.0 Å². The molecule has 104 valence electrons. The van der Waals surface area contributed by atoms with Gasteiger partial charge in [0, 0.05) is 10.7 Å². The molecule has 0 heterocycles. The molecule has 1 rings (SSSR count). The summed E-state index contributed by atoms with van der Waals surface area (Å²) in [5, 5.41) is 15.1. The Hall–Kier alpha value is -1.75. The van der Waals surface area contributed by atoms with E-state index in [1.807, 2.05) is 6.92 Å². The zero-order valence-corrected chi connectivity index (χ0v) is 12.0. The van der Waals surface area contributed by atoms with Gasteiger partial charge in [-0.25, -0.2) is 0 Å². The summed E-state index contributed by atoms with van der Waals surface area (Å²) in [4.78, 5) is 12.3. The van der Waals surface area contributed by atoms with Crippen molar-refractivity contribution in [2.75, 3.05) is 5.32 Å². The van der Waals surface area contributed by atoms with E-state index in [1.165, 1.54) is 0 Å². The number of carbonyl (C=O) groups is 1. The van der Waals surface area contributed by atoms with Crippen LogP contribution in [0.25, 0.3) is 0 Å². The SMILES string of the molecule is CCC(C)(C(=O)Nc1ccc(Cl)cc1C)/C(N)=N/O. The second-order valence-corrected chi connectivity index (χ2v) is 5.02. The van der Waals surface area contributed by atoms with Gasteiger partial charge in [0.15, 0.2) is 5.84 Å². The smallest absolute Gasteiger partial charge is 0.238 e. The molecule has 0 saturated heterocycles. The molecule has 1 atom stereocenters. The Morgan fingerprint density at radius 1 is 1.58 bits per heavy atom. The second kappa shape index (κ2) is 5.93. The molecule has 0 aliphatic rings. The molecule has 0 bridgehead atoms. The summed E-state index contributed by atoms with van der Waals surface area (Å²) in [6.45, 7) is 5.27. The summed E-state index contributed by atoms with van der Waals surface area (Å²) in [6, 6.07) is 5.17. The first-order valence-electron chi connectivity index (χ1n) is 5.90. The Morgan fingerprint density at radius 3 is 2.68 bits per heavy atom. The quantitative estimate of drug-likeness (QED) is 0.344. The maximum atomic E-state index is 12.3. The highest BCUT2D eigenvalue weighted by molar-refractivity contribution is 6.30. The predicted molar refractivity (Wildman–Crippen MR) is 76.6 cm³/mol. The lowest BCUT2D eigenvalue weighted by Crippen LogP contribution is -2.44. The average Bonchev–Trinajstić information content (AvgIpc) is 2.39. The molecule has 0 aliphatic heterocycles. The van der Waals surface area contributed by atoms with Crippen LogP contribution in [-0.4, -0.2) is 17.0 Å². The van der Waals surface area contributed by atoms with Gasteiger partial charge in [-0.1, -0.05) is 23.7 Å². The Kier molecular flexibility index (Phi) is 4.78. The van der Waals surface area contributed by atoms with Gasteiger partial charge in [-0.3, -0.25) is 4.79 Å². The Balaban J connectivity index is 3.01. The van der Waals surface area contributed by atoms with Crippen LogP contribution in [0.5, 0.6) is 0 Å². The number of hydrogen-bond acceptors (Lipinski definition) is 3. The minimum atomic E-state index is -1.05. The number of anilines is 1. The fraction of sp³-hybridized carbons (Fsp3) is 0.385. The van der Waals surface area contributed by atoms with E-state index in [0.29, 0.717) is 17.1 Å². The van der Waals surface area contributed by atoms with Gasteiger partial charge in [-0.05, 0) is 44.0 Å². The molecule has 5 nitrogen and oxygen atoms in total. The van der Waals surface area contributed by atoms with Gasteiger partial charge in [0.25, 0.3) is 0 Å². The van der Waals surface area contributed by atoms with Crippen molar-refractivity contribution in [1.29, 1.82) is 0 Å². The van der Waals surface area contributed by atoms with E-state index < -0.39 is 5.41 Å². The number of amidine groups is 1. The molecule has 1 amide bonds. The number of aryl methyl sites for hydroxylation is 1. The van der Waals surface area contributed by atoms with E-state index in [4.69, 9.17) is 22.5 Å². The minimum Gasteiger partial charge on any atom is -0.409 e. The predicted octanol–water partition coefficient (Wildman–Crippen LogP) is 2.75. The van der Waals surface area contributed by atoms with Crippen LogP contribution >= 0.6 is 11.6 Å². The van der Waals surface area contributed by atoms with Gasteiger partial charge in [-0.2, -0.15) is 0 Å². The normalized spacial score (nSPS) is 14.8. The third-order valence-corrected chi connectivity index (χ3v) is 3.55. The number of benzene rings is 1. The van der Waals surface area contributed by atoms with Crippen LogP contribution in [0.1, 0.15) is 25.8 Å². The van der Waals surface area contributed by atoms with Crippen LogP contribution in [-0.2, 0) is 4.79 Å². The number of oxime groups is 1. The molecule has 0 radical (unpaired) electrons. The van der Waals surface area contributed by atoms with Crippen LogP contribution in [0, 0.1) is 12.3 Å². The minimum absolute atomic E-state index is 0.112. The molecule has 1 unspecified atom stereocenters. The van der Waals surface area contributed by atoms with Crippen molar-refractivity contribution in [3.8, 4) is 0 Å². The number of amides is 1. The van der Waals surface area contributed by atoms with Crippen molar-refractivity contribution in [2.24, 2.45) is 16.3 Å². The van der Waals surface area contributed by atoms with Crippen molar-refractivity contribution in [3.63, 3.8) is 0 Å². The molecule has 0 fully saturated rings. The summed E-state index contributed by atoms with van der Waals surface area (Å²) in [7, 11) is 0. The molecule has 1 aromatic carbocycles. The summed E-state index contributed by atoms with van der Waals surface area (Å²) >= 11 is 5.86. The topological polar surface area (TPSA) is 87.7 Å². The monoisotopic (exact) mass is 283 g/mol.